The summed E-state index contributed by atoms with van der Waals surface area (Å²) in [4.78, 5) is 22.8. The molecule has 2 aromatic heterocycles. The molecule has 3 rings (SSSR count). The van der Waals surface area contributed by atoms with Crippen molar-refractivity contribution in [1.82, 2.24) is 24.6 Å². The Labute approximate surface area is 128 Å². The van der Waals surface area contributed by atoms with Gasteiger partial charge in [0.1, 0.15) is 17.6 Å². The Hall–Kier alpha value is -2.48. The average Bonchev–Trinajstić information content (AvgIpc) is 3.00. The Kier molecular flexibility index (Phi) is 4.01. The van der Waals surface area contributed by atoms with Crippen molar-refractivity contribution in [2.45, 2.75) is 6.10 Å². The van der Waals surface area contributed by atoms with Crippen LogP contribution in [0.2, 0.25) is 0 Å². The molecule has 1 amide bonds. The van der Waals surface area contributed by atoms with E-state index in [4.69, 9.17) is 4.74 Å². The maximum Gasteiger partial charge on any atom is 0.257 e. The van der Waals surface area contributed by atoms with E-state index in [-0.39, 0.29) is 12.0 Å². The van der Waals surface area contributed by atoms with Gasteiger partial charge in [0.25, 0.3) is 5.91 Å². The van der Waals surface area contributed by atoms with Crippen molar-refractivity contribution in [2.75, 3.05) is 32.1 Å². The molecule has 22 heavy (non-hydrogen) atoms. The zero-order valence-electron chi connectivity index (χ0n) is 12.6. The molecule has 3 heterocycles. The van der Waals surface area contributed by atoms with Crippen LogP contribution in [-0.2, 0) is 11.8 Å². The van der Waals surface area contributed by atoms with Gasteiger partial charge in [0.05, 0.1) is 24.9 Å². The van der Waals surface area contributed by atoms with E-state index < -0.39 is 0 Å². The molecule has 0 spiro atoms. The highest BCUT2D eigenvalue weighted by molar-refractivity contribution is 5.93. The predicted octanol–water partition coefficient (Wildman–Crippen LogP) is 0.465. The number of carbonyl (C=O) groups excluding carboxylic acids is 1. The topological polar surface area (TPSA) is 85.2 Å². The molecule has 8 heteroatoms. The zero-order chi connectivity index (χ0) is 15.5. The molecule has 1 fully saturated rings. The van der Waals surface area contributed by atoms with Crippen LogP contribution in [0.25, 0.3) is 0 Å². The molecule has 0 aromatic carbocycles. The first-order chi connectivity index (χ1) is 10.7. The lowest BCUT2D eigenvalue weighted by Crippen LogP contribution is -2.42. The second-order valence-corrected chi connectivity index (χ2v) is 5.05. The van der Waals surface area contributed by atoms with Gasteiger partial charge in [-0.3, -0.25) is 14.5 Å². The van der Waals surface area contributed by atoms with Crippen molar-refractivity contribution in [1.29, 1.82) is 0 Å². The number of nitrogens with one attached hydrogen (secondary N) is 1. The first kappa shape index (κ1) is 14.5. The number of anilines is 1. The number of carbonyl (C=O) groups is 1. The lowest BCUT2D eigenvalue weighted by atomic mass is 10.1. The molecule has 1 unspecified atom stereocenters. The standard InChI is InChI=1S/C14H18N6O2/c1-15-13-12(16-3-4-17-13)11-9-20(5-6-22-11)14(21)10-7-18-19(2)8-10/h3-4,7-8,11H,5-6,9H2,1-2H3,(H,15,17). The van der Waals surface area contributed by atoms with Gasteiger partial charge >= 0.3 is 0 Å². The molecule has 0 aliphatic carbocycles. The van der Waals surface area contributed by atoms with E-state index in [0.29, 0.717) is 36.8 Å². The van der Waals surface area contributed by atoms with Gasteiger partial charge in [-0.15, -0.1) is 0 Å². The number of hydrogen-bond acceptors (Lipinski definition) is 6. The average molecular weight is 302 g/mol. The van der Waals surface area contributed by atoms with Crippen LogP contribution in [0.1, 0.15) is 22.2 Å². The molecule has 0 radical (unpaired) electrons. The van der Waals surface area contributed by atoms with Crippen LogP contribution in [0, 0.1) is 0 Å². The molecular weight excluding hydrogens is 284 g/mol. The summed E-state index contributed by atoms with van der Waals surface area (Å²) in [5.41, 5.74) is 1.30. The Balaban J connectivity index is 1.78. The van der Waals surface area contributed by atoms with Crippen molar-refractivity contribution in [3.05, 3.63) is 36.0 Å². The molecule has 0 bridgehead atoms. The maximum absolute atomic E-state index is 12.5. The van der Waals surface area contributed by atoms with Gasteiger partial charge in [-0.1, -0.05) is 0 Å². The van der Waals surface area contributed by atoms with E-state index in [0.717, 1.165) is 0 Å². The molecule has 1 atom stereocenters. The summed E-state index contributed by atoms with van der Waals surface area (Å²) in [5, 5.41) is 7.04. The van der Waals surface area contributed by atoms with Gasteiger partial charge in [0.2, 0.25) is 0 Å². The van der Waals surface area contributed by atoms with Crippen LogP contribution in [0.15, 0.2) is 24.8 Å². The second-order valence-electron chi connectivity index (χ2n) is 5.05. The van der Waals surface area contributed by atoms with Crippen molar-refractivity contribution >= 4 is 11.7 Å². The van der Waals surface area contributed by atoms with E-state index >= 15 is 0 Å². The molecule has 116 valence electrons. The van der Waals surface area contributed by atoms with Crippen LogP contribution in [-0.4, -0.2) is 57.3 Å². The Morgan fingerprint density at radius 2 is 2.23 bits per heavy atom. The molecule has 1 aliphatic heterocycles. The fourth-order valence-corrected chi connectivity index (χ4v) is 2.49. The Morgan fingerprint density at radius 1 is 1.41 bits per heavy atom. The minimum atomic E-state index is -0.287. The number of rotatable bonds is 3. The number of amides is 1. The highest BCUT2D eigenvalue weighted by Crippen LogP contribution is 2.25. The third-order valence-corrected chi connectivity index (χ3v) is 3.57. The minimum Gasteiger partial charge on any atom is -0.372 e. The van der Waals surface area contributed by atoms with Crippen molar-refractivity contribution in [3.8, 4) is 0 Å². The number of nitrogens with zero attached hydrogens (tertiary/aromatic N) is 5. The third-order valence-electron chi connectivity index (χ3n) is 3.57. The summed E-state index contributed by atoms with van der Waals surface area (Å²) < 4.78 is 7.39. The summed E-state index contributed by atoms with van der Waals surface area (Å²) in [7, 11) is 3.58. The monoisotopic (exact) mass is 302 g/mol. The first-order valence-electron chi connectivity index (χ1n) is 7.07. The normalized spacial score (nSPS) is 18.3. The van der Waals surface area contributed by atoms with Gasteiger partial charge in [-0.05, 0) is 0 Å². The van der Waals surface area contributed by atoms with Gasteiger partial charge < -0.3 is 15.0 Å². The second kappa shape index (κ2) is 6.10. The van der Waals surface area contributed by atoms with E-state index in [1.807, 2.05) is 0 Å². The Bertz CT molecular complexity index is 671. The van der Waals surface area contributed by atoms with E-state index in [1.54, 1.807) is 48.5 Å². The van der Waals surface area contributed by atoms with Crippen molar-refractivity contribution in [3.63, 3.8) is 0 Å². The highest BCUT2D eigenvalue weighted by atomic mass is 16.5. The summed E-state index contributed by atoms with van der Waals surface area (Å²) in [6.07, 6.45) is 6.26. The van der Waals surface area contributed by atoms with Crippen molar-refractivity contribution < 1.29 is 9.53 Å². The van der Waals surface area contributed by atoms with Crippen LogP contribution < -0.4 is 5.32 Å². The van der Waals surface area contributed by atoms with Gasteiger partial charge in [-0.25, -0.2) is 4.98 Å². The smallest absolute Gasteiger partial charge is 0.257 e. The van der Waals surface area contributed by atoms with Gasteiger partial charge in [-0.2, -0.15) is 5.10 Å². The Morgan fingerprint density at radius 3 is 2.95 bits per heavy atom. The third kappa shape index (κ3) is 2.77. The van der Waals surface area contributed by atoms with Crippen LogP contribution >= 0.6 is 0 Å². The summed E-state index contributed by atoms with van der Waals surface area (Å²) in [5.74, 6) is 0.625. The summed E-state index contributed by atoms with van der Waals surface area (Å²) >= 11 is 0. The molecule has 1 N–H and O–H groups in total. The number of hydrogen-bond donors (Lipinski definition) is 1. The first-order valence-corrected chi connectivity index (χ1v) is 7.07. The lowest BCUT2D eigenvalue weighted by molar-refractivity contribution is -0.0245. The minimum absolute atomic E-state index is 0.0451. The molecule has 1 saturated heterocycles. The quantitative estimate of drug-likeness (QED) is 0.887. The van der Waals surface area contributed by atoms with E-state index in [9.17, 15) is 4.79 Å². The number of aromatic nitrogens is 4. The molecule has 8 nitrogen and oxygen atoms in total. The molecule has 2 aromatic rings. The predicted molar refractivity (Wildman–Crippen MR) is 79.4 cm³/mol. The lowest BCUT2D eigenvalue weighted by Gasteiger charge is -2.32. The van der Waals surface area contributed by atoms with E-state index in [1.165, 1.54) is 0 Å². The van der Waals surface area contributed by atoms with Gasteiger partial charge in [0, 0.05) is 39.2 Å². The maximum atomic E-state index is 12.5. The summed E-state index contributed by atoms with van der Waals surface area (Å²) in [6, 6.07) is 0. The largest absolute Gasteiger partial charge is 0.372 e. The van der Waals surface area contributed by atoms with Gasteiger partial charge in [0.15, 0.2) is 0 Å². The molecule has 1 aliphatic rings. The molecular formula is C14H18N6O2. The number of ether oxygens (including phenoxy) is 1. The van der Waals surface area contributed by atoms with Crippen LogP contribution in [0.4, 0.5) is 5.82 Å². The van der Waals surface area contributed by atoms with Crippen molar-refractivity contribution in [2.24, 2.45) is 7.05 Å². The fraction of sp³-hybridized carbons (Fsp3) is 0.429. The summed E-state index contributed by atoms with van der Waals surface area (Å²) in [6.45, 7) is 1.47. The fourth-order valence-electron chi connectivity index (χ4n) is 2.49. The SMILES string of the molecule is CNc1nccnc1C1CN(C(=O)c2cnn(C)c2)CCO1. The number of morpholine rings is 1. The molecule has 0 saturated carbocycles. The van der Waals surface area contributed by atoms with Crippen LogP contribution in [0.5, 0.6) is 0 Å². The zero-order valence-corrected chi connectivity index (χ0v) is 12.6. The number of aryl methyl sites for hydroxylation is 1. The van der Waals surface area contributed by atoms with Crippen LogP contribution in [0.3, 0.4) is 0 Å². The highest BCUT2D eigenvalue weighted by Gasteiger charge is 2.29. The van der Waals surface area contributed by atoms with E-state index in [2.05, 4.69) is 20.4 Å².